The molecule has 0 spiro atoms. The molecule has 160 valence electrons. The predicted octanol–water partition coefficient (Wildman–Crippen LogP) is 2.07. The Morgan fingerprint density at radius 2 is 1.73 bits per heavy atom. The van der Waals surface area contributed by atoms with Crippen molar-refractivity contribution in [1.82, 2.24) is 14.6 Å². The number of carbonyl (C=O) groups excluding carboxylic acids is 1. The Bertz CT molecular complexity index is 1030. The summed E-state index contributed by atoms with van der Waals surface area (Å²) in [5, 5.41) is 14.1. The normalized spacial score (nSPS) is 17.0. The molecule has 0 fully saturated rings. The second-order valence-corrected chi connectivity index (χ2v) is 9.00. The van der Waals surface area contributed by atoms with Crippen LogP contribution in [0.3, 0.4) is 0 Å². The number of rotatable bonds is 3. The molecule has 2 heterocycles. The van der Waals surface area contributed by atoms with Crippen LogP contribution in [0.15, 0.2) is 47.4 Å². The SMILES string of the molecule is O=C1CN(S(=O)(=O)c2ccccc2[N+](=O)[O-])CCc2cccc(n2)CCCCCN1. The van der Waals surface area contributed by atoms with Crippen LogP contribution < -0.4 is 5.32 Å². The highest BCUT2D eigenvalue weighted by Gasteiger charge is 2.32. The van der Waals surface area contributed by atoms with Gasteiger partial charge >= 0.3 is 0 Å². The number of nitrogens with zero attached hydrogens (tertiary/aromatic N) is 3. The third kappa shape index (κ3) is 5.39. The number of aryl methyl sites for hydroxylation is 1. The van der Waals surface area contributed by atoms with Crippen molar-refractivity contribution < 1.29 is 18.1 Å². The fourth-order valence-corrected chi connectivity index (χ4v) is 4.90. The average Bonchev–Trinajstić information content (AvgIpc) is 2.73. The minimum atomic E-state index is -4.27. The van der Waals surface area contributed by atoms with Crippen LogP contribution in [-0.4, -0.2) is 48.2 Å². The van der Waals surface area contributed by atoms with Crippen molar-refractivity contribution in [3.63, 3.8) is 0 Å². The van der Waals surface area contributed by atoms with Gasteiger partial charge in [-0.1, -0.05) is 24.6 Å². The standard InChI is InChI=1S/C20H24N4O5S/c25-20-15-23(30(28,29)19-11-4-3-10-18(19)24(26)27)14-12-17-9-6-8-16(22-17)7-2-1-5-13-21-20/h3-4,6,8-11H,1-2,5,7,12-15H2,(H,21,25). The Balaban J connectivity index is 1.94. The second-order valence-electron chi connectivity index (χ2n) is 7.09. The van der Waals surface area contributed by atoms with Crippen LogP contribution in [0.2, 0.25) is 0 Å². The number of nitro groups is 1. The molecule has 1 aromatic carbocycles. The van der Waals surface area contributed by atoms with E-state index in [0.717, 1.165) is 41.7 Å². The van der Waals surface area contributed by atoms with Crippen LogP contribution >= 0.6 is 0 Å². The lowest BCUT2D eigenvalue weighted by molar-refractivity contribution is -0.387. The van der Waals surface area contributed by atoms with Gasteiger partial charge in [0.05, 0.1) is 11.5 Å². The Labute approximate surface area is 175 Å². The maximum Gasteiger partial charge on any atom is 0.289 e. The number of para-hydroxylation sites is 1. The van der Waals surface area contributed by atoms with Gasteiger partial charge in [-0.15, -0.1) is 0 Å². The minimum Gasteiger partial charge on any atom is -0.355 e. The van der Waals surface area contributed by atoms with Gasteiger partial charge in [-0.25, -0.2) is 8.42 Å². The molecule has 1 aromatic heterocycles. The van der Waals surface area contributed by atoms with Crippen molar-refractivity contribution in [3.05, 3.63) is 64.0 Å². The van der Waals surface area contributed by atoms with Gasteiger partial charge in [0.1, 0.15) is 0 Å². The lowest BCUT2D eigenvalue weighted by Gasteiger charge is -2.22. The molecule has 0 radical (unpaired) electrons. The molecular formula is C20H24N4O5S. The number of aromatic nitrogens is 1. The van der Waals surface area contributed by atoms with Crippen LogP contribution in [0, 0.1) is 10.1 Å². The molecule has 10 heteroatoms. The largest absolute Gasteiger partial charge is 0.355 e. The first-order chi connectivity index (χ1) is 14.4. The third-order valence-electron chi connectivity index (χ3n) is 4.91. The quantitative estimate of drug-likeness (QED) is 0.585. The molecule has 9 nitrogen and oxygen atoms in total. The Morgan fingerprint density at radius 3 is 2.50 bits per heavy atom. The third-order valence-corrected chi connectivity index (χ3v) is 6.81. The van der Waals surface area contributed by atoms with E-state index in [2.05, 4.69) is 10.3 Å². The van der Waals surface area contributed by atoms with Gasteiger partial charge in [0.2, 0.25) is 15.9 Å². The fraction of sp³-hybridized carbons (Fsp3) is 0.400. The van der Waals surface area contributed by atoms with E-state index in [-0.39, 0.29) is 6.54 Å². The summed E-state index contributed by atoms with van der Waals surface area (Å²) in [7, 11) is -4.27. The number of pyridine rings is 1. The number of nitro benzene ring substituents is 1. The molecule has 0 aliphatic carbocycles. The number of nitrogens with one attached hydrogen (secondary N) is 1. The van der Waals surface area contributed by atoms with Gasteiger partial charge in [-0.3, -0.25) is 19.9 Å². The van der Waals surface area contributed by atoms with E-state index in [1.54, 1.807) is 0 Å². The molecule has 2 bridgehead atoms. The molecule has 2 aromatic rings. The second kappa shape index (κ2) is 9.77. The van der Waals surface area contributed by atoms with Crippen molar-refractivity contribution in [3.8, 4) is 0 Å². The van der Waals surface area contributed by atoms with E-state index in [1.807, 2.05) is 18.2 Å². The molecule has 1 N–H and O–H groups in total. The monoisotopic (exact) mass is 432 g/mol. The molecular weight excluding hydrogens is 408 g/mol. The molecule has 1 amide bonds. The highest BCUT2D eigenvalue weighted by Crippen LogP contribution is 2.26. The van der Waals surface area contributed by atoms with E-state index >= 15 is 0 Å². The first-order valence-electron chi connectivity index (χ1n) is 9.83. The topological polar surface area (TPSA) is 123 Å². The first-order valence-corrected chi connectivity index (χ1v) is 11.3. The molecule has 0 saturated heterocycles. The van der Waals surface area contributed by atoms with Crippen LogP contribution in [0.25, 0.3) is 0 Å². The summed E-state index contributed by atoms with van der Waals surface area (Å²) in [4.78, 5) is 27.1. The highest BCUT2D eigenvalue weighted by atomic mass is 32.2. The minimum absolute atomic E-state index is 0.0156. The van der Waals surface area contributed by atoms with Crippen molar-refractivity contribution in [2.45, 2.75) is 37.0 Å². The highest BCUT2D eigenvalue weighted by molar-refractivity contribution is 7.89. The zero-order valence-corrected chi connectivity index (χ0v) is 17.3. The van der Waals surface area contributed by atoms with E-state index in [0.29, 0.717) is 18.7 Å². The zero-order chi connectivity index (χ0) is 21.6. The van der Waals surface area contributed by atoms with Crippen molar-refractivity contribution in [2.24, 2.45) is 0 Å². The summed E-state index contributed by atoms with van der Waals surface area (Å²) in [5.74, 6) is -0.434. The van der Waals surface area contributed by atoms with Crippen molar-refractivity contribution in [2.75, 3.05) is 19.6 Å². The zero-order valence-electron chi connectivity index (χ0n) is 16.5. The maximum absolute atomic E-state index is 13.2. The lowest BCUT2D eigenvalue weighted by atomic mass is 10.1. The molecule has 0 atom stereocenters. The summed E-state index contributed by atoms with van der Waals surface area (Å²) in [6.07, 6.45) is 3.78. The number of benzene rings is 1. The Morgan fingerprint density at radius 1 is 1.00 bits per heavy atom. The number of hydrogen-bond acceptors (Lipinski definition) is 6. The van der Waals surface area contributed by atoms with Gasteiger partial charge in [-0.05, 0) is 37.5 Å². The van der Waals surface area contributed by atoms with E-state index in [9.17, 15) is 23.3 Å². The first kappa shape index (κ1) is 21.8. The van der Waals surface area contributed by atoms with Crippen LogP contribution in [0.5, 0.6) is 0 Å². The van der Waals surface area contributed by atoms with Gasteiger partial charge in [0.15, 0.2) is 4.90 Å². The van der Waals surface area contributed by atoms with Gasteiger partial charge in [-0.2, -0.15) is 4.31 Å². The van der Waals surface area contributed by atoms with Crippen molar-refractivity contribution >= 4 is 21.6 Å². The smallest absolute Gasteiger partial charge is 0.289 e. The van der Waals surface area contributed by atoms with Gasteiger partial charge in [0.25, 0.3) is 5.69 Å². The lowest BCUT2D eigenvalue weighted by Crippen LogP contribution is -2.42. The van der Waals surface area contributed by atoms with Gasteiger partial charge < -0.3 is 5.32 Å². The van der Waals surface area contributed by atoms with E-state index in [4.69, 9.17) is 0 Å². The van der Waals surface area contributed by atoms with Crippen LogP contribution in [0.4, 0.5) is 5.69 Å². The number of carbonyl (C=O) groups is 1. The molecule has 0 saturated carbocycles. The van der Waals surface area contributed by atoms with Crippen LogP contribution in [0.1, 0.15) is 30.7 Å². The number of fused-ring (bicyclic) bond motifs is 2. The maximum atomic E-state index is 13.2. The molecule has 30 heavy (non-hydrogen) atoms. The number of amides is 1. The van der Waals surface area contributed by atoms with Crippen LogP contribution in [-0.2, 0) is 27.7 Å². The summed E-state index contributed by atoms with van der Waals surface area (Å²) in [5.41, 5.74) is 1.15. The molecule has 0 unspecified atom stereocenters. The molecule has 1 aliphatic heterocycles. The molecule has 3 rings (SSSR count). The van der Waals surface area contributed by atoms with E-state index < -0.39 is 38.0 Å². The van der Waals surface area contributed by atoms with Crippen molar-refractivity contribution in [1.29, 1.82) is 0 Å². The number of sulfonamides is 1. The Hall–Kier alpha value is -2.85. The number of hydrogen-bond donors (Lipinski definition) is 1. The Kier molecular flexibility index (Phi) is 7.11. The summed E-state index contributed by atoms with van der Waals surface area (Å²) >= 11 is 0. The summed E-state index contributed by atoms with van der Waals surface area (Å²) < 4.78 is 27.5. The summed E-state index contributed by atoms with van der Waals surface area (Å²) in [6, 6.07) is 10.8. The molecule has 1 aliphatic rings. The summed E-state index contributed by atoms with van der Waals surface area (Å²) in [6.45, 7) is 0.0258. The average molecular weight is 433 g/mol. The van der Waals surface area contributed by atoms with E-state index in [1.165, 1.54) is 18.2 Å². The fourth-order valence-electron chi connectivity index (χ4n) is 3.35. The van der Waals surface area contributed by atoms with Gasteiger partial charge in [0, 0.05) is 37.0 Å². The predicted molar refractivity (Wildman–Crippen MR) is 110 cm³/mol.